The summed E-state index contributed by atoms with van der Waals surface area (Å²) >= 11 is 0. The molecule has 1 aromatic heterocycles. The highest BCUT2D eigenvalue weighted by Gasteiger charge is 2.38. The van der Waals surface area contributed by atoms with E-state index in [9.17, 15) is 18.3 Å². The van der Waals surface area contributed by atoms with Gasteiger partial charge in [-0.15, -0.1) is 0 Å². The molecule has 194 valence electrons. The maximum absolute atomic E-state index is 13.6. The van der Waals surface area contributed by atoms with E-state index in [1.807, 2.05) is 27.1 Å². The number of hydrogen-bond acceptors (Lipinski definition) is 7. The van der Waals surface area contributed by atoms with Crippen molar-refractivity contribution in [2.75, 3.05) is 47.4 Å². The van der Waals surface area contributed by atoms with Crippen LogP contribution in [0.5, 0.6) is 5.75 Å². The van der Waals surface area contributed by atoms with Crippen LogP contribution in [0.2, 0.25) is 0 Å². The molecule has 0 saturated carbocycles. The number of ether oxygens (including phenoxy) is 1. The molecule has 0 unspecified atom stereocenters. The molecule has 3 rings (SSSR count). The molecule has 9 nitrogen and oxygen atoms in total. The fourth-order valence-electron chi connectivity index (χ4n) is 3.87. The van der Waals surface area contributed by atoms with Gasteiger partial charge >= 0.3 is 0 Å². The molecule has 1 N–H and O–H groups in total. The van der Waals surface area contributed by atoms with Gasteiger partial charge in [0.25, 0.3) is 0 Å². The van der Waals surface area contributed by atoms with E-state index >= 15 is 0 Å². The molecule has 2 heterocycles. The third-order valence-electron chi connectivity index (χ3n) is 6.01. The molecular weight excluding hydrogens is 480 g/mol. The maximum atomic E-state index is 13.6. The fraction of sp³-hybridized carbons (Fsp3) is 0.462. The number of aliphatic hydroxyl groups excluding tert-OH is 1. The fourth-order valence-corrected chi connectivity index (χ4v) is 5.69. The standard InChI is InChI=1S/C26H34N4O5S/c1-19-15-30(20(2)18-31)36(33,34)25-11-10-21(8-9-22-7-6-12-27-14-22)13-23(25)35-24(19)16-29(5)26(32)17-28(3)4/h6-7,10-14,19-20,24,31H,15-18H2,1-5H3/t19-,20-,24-/m1/s1. The maximum Gasteiger partial charge on any atom is 0.247 e. The van der Waals surface area contributed by atoms with Gasteiger partial charge < -0.3 is 19.6 Å². The molecule has 2 aromatic rings. The number of fused-ring (bicyclic) bond motifs is 1. The van der Waals surface area contributed by atoms with Crippen molar-refractivity contribution in [1.29, 1.82) is 0 Å². The van der Waals surface area contributed by atoms with Crippen LogP contribution in [-0.2, 0) is 14.8 Å². The smallest absolute Gasteiger partial charge is 0.247 e. The average molecular weight is 515 g/mol. The Hall–Kier alpha value is -2.97. The van der Waals surface area contributed by atoms with E-state index in [2.05, 4.69) is 16.8 Å². The lowest BCUT2D eigenvalue weighted by molar-refractivity contribution is -0.132. The summed E-state index contributed by atoms with van der Waals surface area (Å²) in [6, 6.07) is 7.74. The van der Waals surface area contributed by atoms with Crippen LogP contribution in [-0.4, -0.2) is 98.1 Å². The Morgan fingerprint density at radius 2 is 1.97 bits per heavy atom. The largest absolute Gasteiger partial charge is 0.487 e. The monoisotopic (exact) mass is 514 g/mol. The van der Waals surface area contributed by atoms with Crippen molar-refractivity contribution in [3.63, 3.8) is 0 Å². The molecule has 3 atom stereocenters. The van der Waals surface area contributed by atoms with Gasteiger partial charge in [-0.05, 0) is 51.4 Å². The SMILES string of the molecule is C[C@@H]1CN([C@H](C)CO)S(=O)(=O)c2ccc(C#Cc3cccnc3)cc2O[C@@H]1CN(C)C(=O)CN(C)C. The summed E-state index contributed by atoms with van der Waals surface area (Å²) in [5.74, 6) is 5.90. The van der Waals surface area contributed by atoms with Crippen LogP contribution in [0.25, 0.3) is 0 Å². The zero-order chi connectivity index (χ0) is 26.5. The molecule has 0 fully saturated rings. The number of likely N-dealkylation sites (N-methyl/N-ethyl adjacent to an activating group) is 2. The number of pyridine rings is 1. The summed E-state index contributed by atoms with van der Waals surface area (Å²) in [5.41, 5.74) is 1.31. The number of carbonyl (C=O) groups is 1. The summed E-state index contributed by atoms with van der Waals surface area (Å²) in [4.78, 5) is 20.0. The Kier molecular flexibility index (Phi) is 9.08. The Morgan fingerprint density at radius 3 is 2.61 bits per heavy atom. The minimum atomic E-state index is -3.95. The van der Waals surface area contributed by atoms with Crippen molar-refractivity contribution in [3.05, 3.63) is 53.9 Å². The Bertz CT molecular complexity index is 1220. The predicted octanol–water partition coefficient (Wildman–Crippen LogP) is 1.27. The van der Waals surface area contributed by atoms with Crippen LogP contribution in [0.15, 0.2) is 47.6 Å². The van der Waals surface area contributed by atoms with Gasteiger partial charge in [-0.3, -0.25) is 9.78 Å². The Morgan fingerprint density at radius 1 is 1.25 bits per heavy atom. The number of amides is 1. The van der Waals surface area contributed by atoms with Gasteiger partial charge in [-0.25, -0.2) is 8.42 Å². The van der Waals surface area contributed by atoms with Gasteiger partial charge in [0.15, 0.2) is 0 Å². The van der Waals surface area contributed by atoms with Gasteiger partial charge in [-0.2, -0.15) is 4.31 Å². The molecule has 0 saturated heterocycles. The van der Waals surface area contributed by atoms with Crippen molar-refractivity contribution in [1.82, 2.24) is 19.1 Å². The molecule has 10 heteroatoms. The third kappa shape index (κ3) is 6.62. The van der Waals surface area contributed by atoms with E-state index < -0.39 is 22.2 Å². The number of rotatable bonds is 6. The quantitative estimate of drug-likeness (QED) is 0.579. The van der Waals surface area contributed by atoms with Crippen molar-refractivity contribution in [3.8, 4) is 17.6 Å². The van der Waals surface area contributed by atoms with E-state index in [-0.39, 0.29) is 48.7 Å². The van der Waals surface area contributed by atoms with Crippen molar-refractivity contribution in [2.24, 2.45) is 5.92 Å². The van der Waals surface area contributed by atoms with Gasteiger partial charge in [-0.1, -0.05) is 18.8 Å². The molecular formula is C26H34N4O5S. The summed E-state index contributed by atoms with van der Waals surface area (Å²) in [5, 5.41) is 9.79. The first-order chi connectivity index (χ1) is 17.0. The van der Waals surface area contributed by atoms with E-state index in [1.165, 1.54) is 10.4 Å². The van der Waals surface area contributed by atoms with E-state index in [0.717, 1.165) is 5.56 Å². The second-order valence-electron chi connectivity index (χ2n) is 9.41. The minimum absolute atomic E-state index is 0.00824. The zero-order valence-corrected chi connectivity index (χ0v) is 22.2. The van der Waals surface area contributed by atoms with Crippen molar-refractivity contribution >= 4 is 15.9 Å². The Labute approximate surface area is 213 Å². The van der Waals surface area contributed by atoms with E-state index in [4.69, 9.17) is 4.74 Å². The average Bonchev–Trinajstić information content (AvgIpc) is 2.84. The molecule has 1 aliphatic heterocycles. The van der Waals surface area contributed by atoms with Gasteiger partial charge in [0.2, 0.25) is 15.9 Å². The van der Waals surface area contributed by atoms with Crippen molar-refractivity contribution in [2.45, 2.75) is 30.9 Å². The van der Waals surface area contributed by atoms with Crippen LogP contribution in [0.3, 0.4) is 0 Å². The normalized spacial score (nSPS) is 20.2. The van der Waals surface area contributed by atoms with Crippen LogP contribution in [0.4, 0.5) is 0 Å². The number of carbonyl (C=O) groups excluding carboxylic acids is 1. The second kappa shape index (κ2) is 11.8. The highest BCUT2D eigenvalue weighted by atomic mass is 32.2. The predicted molar refractivity (Wildman–Crippen MR) is 137 cm³/mol. The zero-order valence-electron chi connectivity index (χ0n) is 21.4. The molecule has 0 spiro atoms. The molecule has 1 amide bonds. The van der Waals surface area contributed by atoms with Crippen LogP contribution >= 0.6 is 0 Å². The number of sulfonamides is 1. The summed E-state index contributed by atoms with van der Waals surface area (Å²) in [6.07, 6.45) is 2.83. The lowest BCUT2D eigenvalue weighted by Crippen LogP contribution is -2.50. The molecule has 1 aliphatic rings. The number of aromatic nitrogens is 1. The summed E-state index contributed by atoms with van der Waals surface area (Å²) < 4.78 is 34.8. The van der Waals surface area contributed by atoms with Crippen LogP contribution < -0.4 is 4.74 Å². The first-order valence-electron chi connectivity index (χ1n) is 11.8. The van der Waals surface area contributed by atoms with E-state index in [0.29, 0.717) is 5.56 Å². The molecule has 0 aliphatic carbocycles. The summed E-state index contributed by atoms with van der Waals surface area (Å²) in [7, 11) is 1.41. The Balaban J connectivity index is 2.03. The number of hydrogen-bond donors (Lipinski definition) is 1. The second-order valence-corrected chi connectivity index (χ2v) is 11.3. The lowest BCUT2D eigenvalue weighted by Gasteiger charge is -2.37. The van der Waals surface area contributed by atoms with E-state index in [1.54, 1.807) is 54.4 Å². The first-order valence-corrected chi connectivity index (χ1v) is 13.2. The molecule has 36 heavy (non-hydrogen) atoms. The van der Waals surface area contributed by atoms with Crippen LogP contribution in [0, 0.1) is 17.8 Å². The number of nitrogens with zero attached hydrogens (tertiary/aromatic N) is 4. The third-order valence-corrected chi connectivity index (χ3v) is 8.03. The van der Waals surface area contributed by atoms with Crippen LogP contribution in [0.1, 0.15) is 25.0 Å². The molecule has 0 bridgehead atoms. The highest BCUT2D eigenvalue weighted by molar-refractivity contribution is 7.89. The van der Waals surface area contributed by atoms with Gasteiger partial charge in [0, 0.05) is 49.1 Å². The van der Waals surface area contributed by atoms with Gasteiger partial charge in [0.05, 0.1) is 19.7 Å². The number of aliphatic hydroxyl groups is 1. The lowest BCUT2D eigenvalue weighted by atomic mass is 10.0. The topological polar surface area (TPSA) is 103 Å². The molecule has 1 aromatic carbocycles. The van der Waals surface area contributed by atoms with Gasteiger partial charge in [0.1, 0.15) is 16.7 Å². The first kappa shape index (κ1) is 27.6. The number of benzene rings is 1. The molecule has 0 radical (unpaired) electrons. The minimum Gasteiger partial charge on any atom is -0.487 e. The van der Waals surface area contributed by atoms with Crippen molar-refractivity contribution < 1.29 is 23.1 Å². The summed E-state index contributed by atoms with van der Waals surface area (Å²) in [6.45, 7) is 3.92. The highest BCUT2D eigenvalue weighted by Crippen LogP contribution is 2.34.